The Morgan fingerprint density at radius 3 is 2.64 bits per heavy atom. The summed E-state index contributed by atoms with van der Waals surface area (Å²) in [5.74, 6) is -0.392. The number of halogens is 1. The molecule has 6 nitrogen and oxygen atoms in total. The molecular weight excluding hydrogens is 338 g/mol. The lowest BCUT2D eigenvalue weighted by atomic mass is 9.85. The fourth-order valence-electron chi connectivity index (χ4n) is 2.94. The van der Waals surface area contributed by atoms with Crippen LogP contribution in [0.4, 0.5) is 5.69 Å². The Morgan fingerprint density at radius 1 is 1.32 bits per heavy atom. The van der Waals surface area contributed by atoms with Gasteiger partial charge >= 0.3 is 0 Å². The number of hydrogen-bond donors (Lipinski definition) is 4. The molecule has 0 bridgehead atoms. The van der Waals surface area contributed by atoms with Gasteiger partial charge in [0.05, 0.1) is 5.57 Å². The Bertz CT molecular complexity index is 669. The SMILES string of the molecule is C/N=C\[C@H]1CCCCC1N/C=C(\C(=N)Nc1ccc(Cl)cc1)C(N)=O. The van der Waals surface area contributed by atoms with E-state index in [9.17, 15) is 4.79 Å². The van der Waals surface area contributed by atoms with Crippen molar-refractivity contribution in [3.8, 4) is 0 Å². The molecule has 1 aromatic rings. The summed E-state index contributed by atoms with van der Waals surface area (Å²) in [7, 11) is 1.77. The number of carbonyl (C=O) groups excluding carboxylic acids is 1. The Kier molecular flexibility index (Phi) is 7.01. The molecular formula is C18H24ClN5O. The molecule has 0 aromatic heterocycles. The van der Waals surface area contributed by atoms with E-state index in [2.05, 4.69) is 15.6 Å². The first-order valence-corrected chi connectivity index (χ1v) is 8.69. The van der Waals surface area contributed by atoms with Crippen molar-refractivity contribution < 1.29 is 4.79 Å². The lowest BCUT2D eigenvalue weighted by Gasteiger charge is -2.29. The second-order valence-corrected chi connectivity index (χ2v) is 6.49. The predicted octanol–water partition coefficient (Wildman–Crippen LogP) is 2.95. The van der Waals surface area contributed by atoms with Gasteiger partial charge in [-0.25, -0.2) is 0 Å². The molecule has 1 saturated carbocycles. The maximum atomic E-state index is 11.8. The van der Waals surface area contributed by atoms with Crippen LogP contribution in [0.2, 0.25) is 5.02 Å². The van der Waals surface area contributed by atoms with Gasteiger partial charge in [-0.2, -0.15) is 0 Å². The quantitative estimate of drug-likeness (QED) is 0.355. The molecule has 0 saturated heterocycles. The summed E-state index contributed by atoms with van der Waals surface area (Å²) in [5, 5.41) is 14.9. The Hall–Kier alpha value is -2.34. The van der Waals surface area contributed by atoms with Gasteiger partial charge in [0.2, 0.25) is 0 Å². The first-order valence-electron chi connectivity index (χ1n) is 8.31. The molecule has 1 fully saturated rings. The molecule has 0 aliphatic heterocycles. The Morgan fingerprint density at radius 2 is 2.00 bits per heavy atom. The number of amides is 1. The van der Waals surface area contributed by atoms with Gasteiger partial charge in [-0.1, -0.05) is 24.4 Å². The minimum absolute atomic E-state index is 0.0566. The van der Waals surface area contributed by atoms with Gasteiger partial charge in [-0.3, -0.25) is 10.2 Å². The van der Waals surface area contributed by atoms with E-state index in [1.165, 1.54) is 6.42 Å². The van der Waals surface area contributed by atoms with Gasteiger partial charge in [-0.05, 0) is 37.1 Å². The van der Waals surface area contributed by atoms with Crippen LogP contribution in [0.5, 0.6) is 0 Å². The predicted molar refractivity (Wildman–Crippen MR) is 103 cm³/mol. The average molecular weight is 362 g/mol. The maximum absolute atomic E-state index is 11.8. The molecule has 0 heterocycles. The van der Waals surface area contributed by atoms with Crippen molar-refractivity contribution in [3.63, 3.8) is 0 Å². The highest BCUT2D eigenvalue weighted by molar-refractivity contribution is 6.30. The number of nitrogens with two attached hydrogens (primary N) is 1. The number of nitrogens with zero attached hydrogens (tertiary/aromatic N) is 1. The highest BCUT2D eigenvalue weighted by atomic mass is 35.5. The summed E-state index contributed by atoms with van der Waals surface area (Å²) in [6, 6.07) is 7.07. The zero-order valence-corrected chi connectivity index (χ0v) is 15.0. The van der Waals surface area contributed by atoms with Crippen LogP contribution in [0.15, 0.2) is 41.0 Å². The van der Waals surface area contributed by atoms with Gasteiger partial charge in [0, 0.05) is 42.1 Å². The maximum Gasteiger partial charge on any atom is 0.253 e. The third kappa shape index (κ3) is 5.60. The number of carbonyl (C=O) groups is 1. The number of benzene rings is 1. The minimum atomic E-state index is -0.657. The van der Waals surface area contributed by atoms with Crippen molar-refractivity contribution in [1.29, 1.82) is 5.41 Å². The van der Waals surface area contributed by atoms with Crippen molar-refractivity contribution in [2.45, 2.75) is 31.7 Å². The van der Waals surface area contributed by atoms with E-state index in [4.69, 9.17) is 22.7 Å². The number of aliphatic imine (C=N–C) groups is 1. The zero-order chi connectivity index (χ0) is 18.2. The van der Waals surface area contributed by atoms with Crippen LogP contribution in [0, 0.1) is 11.3 Å². The molecule has 7 heteroatoms. The monoisotopic (exact) mass is 361 g/mol. The molecule has 25 heavy (non-hydrogen) atoms. The smallest absolute Gasteiger partial charge is 0.253 e. The normalized spacial score (nSPS) is 21.1. The summed E-state index contributed by atoms with van der Waals surface area (Å²) >= 11 is 5.85. The van der Waals surface area contributed by atoms with E-state index in [0.717, 1.165) is 19.3 Å². The fourth-order valence-corrected chi connectivity index (χ4v) is 3.06. The standard InChI is InChI=1S/C18H24ClN5O/c1-22-10-12-4-2-3-5-16(12)23-11-15(18(21)25)17(20)24-14-8-6-13(19)7-9-14/h6-12,16,23H,2-5H2,1H3,(H2,20,24)(H2,21,25)/b15-11+,22-10-/t12-,16?/m1/s1. The summed E-state index contributed by atoms with van der Waals surface area (Å²) < 4.78 is 0. The van der Waals surface area contributed by atoms with Gasteiger partial charge < -0.3 is 21.4 Å². The van der Waals surface area contributed by atoms with Crippen molar-refractivity contribution >= 4 is 35.2 Å². The van der Waals surface area contributed by atoms with E-state index in [-0.39, 0.29) is 17.5 Å². The molecule has 2 rings (SSSR count). The average Bonchev–Trinajstić information content (AvgIpc) is 2.58. The van der Waals surface area contributed by atoms with Crippen LogP contribution in [0.25, 0.3) is 0 Å². The van der Waals surface area contributed by atoms with Crippen LogP contribution in [0.3, 0.4) is 0 Å². The lowest BCUT2D eigenvalue weighted by Crippen LogP contribution is -2.38. The number of nitrogens with one attached hydrogen (secondary N) is 3. The van der Waals surface area contributed by atoms with E-state index in [1.54, 1.807) is 37.5 Å². The van der Waals surface area contributed by atoms with Gasteiger partial charge in [-0.15, -0.1) is 0 Å². The van der Waals surface area contributed by atoms with E-state index < -0.39 is 5.91 Å². The highest BCUT2D eigenvalue weighted by Crippen LogP contribution is 2.23. The summed E-state index contributed by atoms with van der Waals surface area (Å²) in [5.41, 5.74) is 6.22. The minimum Gasteiger partial charge on any atom is -0.387 e. The van der Waals surface area contributed by atoms with Crippen molar-refractivity contribution in [1.82, 2.24) is 5.32 Å². The Balaban J connectivity index is 2.07. The van der Waals surface area contributed by atoms with E-state index in [0.29, 0.717) is 16.6 Å². The molecule has 1 amide bonds. The Labute approximate surface area is 153 Å². The van der Waals surface area contributed by atoms with Crippen molar-refractivity contribution in [2.24, 2.45) is 16.6 Å². The third-order valence-electron chi connectivity index (χ3n) is 4.25. The number of hydrogen-bond acceptors (Lipinski definition) is 4. The number of rotatable bonds is 6. The number of primary amides is 1. The third-order valence-corrected chi connectivity index (χ3v) is 4.50. The fraction of sp³-hybridized carbons (Fsp3) is 0.389. The molecule has 134 valence electrons. The molecule has 1 aliphatic carbocycles. The summed E-state index contributed by atoms with van der Waals surface area (Å²) in [4.78, 5) is 15.9. The van der Waals surface area contributed by atoms with Crippen LogP contribution < -0.4 is 16.4 Å². The molecule has 5 N–H and O–H groups in total. The largest absolute Gasteiger partial charge is 0.387 e. The number of amidine groups is 1. The van der Waals surface area contributed by atoms with Gasteiger partial charge in [0.1, 0.15) is 5.84 Å². The zero-order valence-electron chi connectivity index (χ0n) is 14.3. The van der Waals surface area contributed by atoms with E-state index >= 15 is 0 Å². The van der Waals surface area contributed by atoms with Gasteiger partial charge in [0.25, 0.3) is 5.91 Å². The summed E-state index contributed by atoms with van der Waals surface area (Å²) in [6.45, 7) is 0. The summed E-state index contributed by atoms with van der Waals surface area (Å²) in [6.07, 6.45) is 7.86. The van der Waals surface area contributed by atoms with Crippen LogP contribution in [0.1, 0.15) is 25.7 Å². The first-order chi connectivity index (χ1) is 12.0. The lowest BCUT2D eigenvalue weighted by molar-refractivity contribution is -0.114. The van der Waals surface area contributed by atoms with E-state index in [1.807, 2.05) is 6.21 Å². The van der Waals surface area contributed by atoms with Crippen molar-refractivity contribution in [3.05, 3.63) is 41.1 Å². The van der Waals surface area contributed by atoms with Crippen molar-refractivity contribution in [2.75, 3.05) is 12.4 Å². The topological polar surface area (TPSA) is 103 Å². The highest BCUT2D eigenvalue weighted by Gasteiger charge is 2.23. The molecule has 1 aromatic carbocycles. The second-order valence-electron chi connectivity index (χ2n) is 6.06. The molecule has 1 unspecified atom stereocenters. The molecule has 0 radical (unpaired) electrons. The number of anilines is 1. The molecule has 1 aliphatic rings. The molecule has 0 spiro atoms. The second kappa shape index (κ2) is 9.22. The first kappa shape index (κ1) is 19.0. The molecule has 2 atom stereocenters. The van der Waals surface area contributed by atoms with Crippen LogP contribution >= 0.6 is 11.6 Å². The van der Waals surface area contributed by atoms with Crippen LogP contribution in [-0.4, -0.2) is 31.0 Å². The van der Waals surface area contributed by atoms with Gasteiger partial charge in [0.15, 0.2) is 0 Å². The van der Waals surface area contributed by atoms with Crippen LogP contribution in [-0.2, 0) is 4.79 Å².